The molecule has 0 unspecified atom stereocenters. The molecule has 1 aliphatic carbocycles. The Balaban J connectivity index is 2.18. The summed E-state index contributed by atoms with van der Waals surface area (Å²) in [6.45, 7) is 3.27. The number of aliphatic hydroxyl groups is 11. The van der Waals surface area contributed by atoms with Crippen molar-refractivity contribution in [3.05, 3.63) is 0 Å². The minimum absolute atomic E-state index is 0.0944. The zero-order chi connectivity index (χ0) is 28.2. The van der Waals surface area contributed by atoms with Crippen LogP contribution in [-0.4, -0.2) is 156 Å². The van der Waals surface area contributed by atoms with Crippen molar-refractivity contribution >= 4 is 0 Å². The molecule has 1 saturated heterocycles. The van der Waals surface area contributed by atoms with Crippen molar-refractivity contribution in [3.8, 4) is 0 Å². The average molecular weight is 545 g/mol. The molecule has 14 nitrogen and oxygen atoms in total. The summed E-state index contributed by atoms with van der Waals surface area (Å²) in [5, 5.41) is 112. The zero-order valence-electron chi connectivity index (χ0n) is 21.3. The maximum atomic E-state index is 10.8. The van der Waals surface area contributed by atoms with E-state index in [2.05, 4.69) is 0 Å². The Morgan fingerprint density at radius 3 is 1.95 bits per heavy atom. The lowest BCUT2D eigenvalue weighted by Crippen LogP contribution is -2.64. The fraction of sp³-hybridized carbons (Fsp3) is 1.00. The fourth-order valence-electron chi connectivity index (χ4n) is 4.76. The van der Waals surface area contributed by atoms with Crippen LogP contribution in [-0.2, 0) is 14.2 Å². The third kappa shape index (κ3) is 7.99. The van der Waals surface area contributed by atoms with Crippen LogP contribution in [0.25, 0.3) is 0 Å². The standard InChI is InChI=1S/C23H44O14/c1-23(2,3)5-10(27)15(30)20(11(28)7-25)37-22-19(34)18(33)21(13(8-26)36-22)35-12-4-9(6-24)14(29)17(32)16(12)31/h9-22,24-34H,4-8H2,1-3H3/t9-,10+,11-,12+,13-,14+,15-,16+,17+,18-,19-,20-,21+,22+/m1/s1. The molecule has 0 bridgehead atoms. The van der Waals surface area contributed by atoms with Crippen LogP contribution >= 0.6 is 0 Å². The Kier molecular flexibility index (Phi) is 12.1. The molecule has 0 amide bonds. The molecule has 1 heterocycles. The van der Waals surface area contributed by atoms with Gasteiger partial charge in [0.1, 0.15) is 54.9 Å². The van der Waals surface area contributed by atoms with Crippen molar-refractivity contribution in [2.75, 3.05) is 19.8 Å². The second-order valence-electron chi connectivity index (χ2n) is 11.2. The summed E-state index contributed by atoms with van der Waals surface area (Å²) < 4.78 is 16.7. The van der Waals surface area contributed by atoms with Crippen molar-refractivity contribution in [2.45, 2.75) is 113 Å². The molecule has 14 heteroatoms. The second kappa shape index (κ2) is 13.7. The van der Waals surface area contributed by atoms with Gasteiger partial charge in [0.05, 0.1) is 31.5 Å². The molecular weight excluding hydrogens is 500 g/mol. The van der Waals surface area contributed by atoms with Gasteiger partial charge in [-0.25, -0.2) is 0 Å². The molecule has 0 radical (unpaired) electrons. The largest absolute Gasteiger partial charge is 0.396 e. The lowest BCUT2D eigenvalue weighted by Gasteiger charge is -2.47. The van der Waals surface area contributed by atoms with Crippen LogP contribution in [0.3, 0.4) is 0 Å². The summed E-state index contributed by atoms with van der Waals surface area (Å²) in [7, 11) is 0. The Bertz CT molecular complexity index is 672. The van der Waals surface area contributed by atoms with Crippen molar-refractivity contribution < 1.29 is 70.4 Å². The Hall–Kier alpha value is -0.560. The topological polar surface area (TPSA) is 250 Å². The first-order valence-electron chi connectivity index (χ1n) is 12.4. The third-order valence-electron chi connectivity index (χ3n) is 6.90. The van der Waals surface area contributed by atoms with E-state index < -0.39 is 111 Å². The molecule has 0 aromatic rings. The molecule has 2 aliphatic rings. The summed E-state index contributed by atoms with van der Waals surface area (Å²) in [6, 6.07) is 0. The highest BCUT2D eigenvalue weighted by Crippen LogP contribution is 2.33. The van der Waals surface area contributed by atoms with Crippen molar-refractivity contribution in [2.24, 2.45) is 11.3 Å². The lowest BCUT2D eigenvalue weighted by atomic mass is 9.81. The first-order chi connectivity index (χ1) is 17.2. The van der Waals surface area contributed by atoms with E-state index in [1.54, 1.807) is 0 Å². The SMILES string of the molecule is CC(C)(C)C[C@H](O)[C@@H](O)[C@H](O[C@@H]1O[C@H](CO)[C@H](O[C@H]2C[C@H](CO)[C@H](O)[C@H](O)[C@H]2O)[C@H](O)[C@H]1O)[C@H](O)CO. The lowest BCUT2D eigenvalue weighted by molar-refractivity contribution is -0.340. The normalized spacial score (nSPS) is 40.7. The quantitative estimate of drug-likeness (QED) is 0.117. The summed E-state index contributed by atoms with van der Waals surface area (Å²) in [5.74, 6) is -0.847. The molecule has 2 fully saturated rings. The van der Waals surface area contributed by atoms with Gasteiger partial charge >= 0.3 is 0 Å². The molecule has 220 valence electrons. The van der Waals surface area contributed by atoms with Crippen LogP contribution in [0.5, 0.6) is 0 Å². The van der Waals surface area contributed by atoms with Gasteiger partial charge in [-0.3, -0.25) is 0 Å². The molecule has 0 aromatic heterocycles. The predicted octanol–water partition coefficient (Wildman–Crippen LogP) is -4.83. The van der Waals surface area contributed by atoms with Crippen molar-refractivity contribution in [1.29, 1.82) is 0 Å². The Labute approximate surface area is 215 Å². The highest BCUT2D eigenvalue weighted by Gasteiger charge is 2.51. The van der Waals surface area contributed by atoms with Crippen LogP contribution in [0.1, 0.15) is 33.6 Å². The average Bonchev–Trinajstić information content (AvgIpc) is 2.84. The van der Waals surface area contributed by atoms with E-state index in [-0.39, 0.29) is 12.8 Å². The molecule has 0 spiro atoms. The van der Waals surface area contributed by atoms with Gasteiger partial charge in [0.15, 0.2) is 6.29 Å². The van der Waals surface area contributed by atoms with Crippen molar-refractivity contribution in [3.63, 3.8) is 0 Å². The van der Waals surface area contributed by atoms with E-state index >= 15 is 0 Å². The maximum Gasteiger partial charge on any atom is 0.187 e. The molecule has 1 aliphatic heterocycles. The van der Waals surface area contributed by atoms with Gasteiger partial charge in [-0.05, 0) is 18.3 Å². The van der Waals surface area contributed by atoms with E-state index in [4.69, 9.17) is 14.2 Å². The minimum Gasteiger partial charge on any atom is -0.396 e. The van der Waals surface area contributed by atoms with E-state index in [1.807, 2.05) is 20.8 Å². The highest BCUT2D eigenvalue weighted by molar-refractivity contribution is 4.97. The van der Waals surface area contributed by atoms with Gasteiger partial charge in [0.25, 0.3) is 0 Å². The van der Waals surface area contributed by atoms with E-state index in [1.165, 1.54) is 0 Å². The van der Waals surface area contributed by atoms with Crippen LogP contribution in [0.4, 0.5) is 0 Å². The van der Waals surface area contributed by atoms with Gasteiger partial charge in [-0.1, -0.05) is 20.8 Å². The van der Waals surface area contributed by atoms with Gasteiger partial charge in [0.2, 0.25) is 0 Å². The molecule has 0 aromatic carbocycles. The maximum absolute atomic E-state index is 10.8. The van der Waals surface area contributed by atoms with Crippen LogP contribution in [0.2, 0.25) is 0 Å². The number of rotatable bonds is 11. The smallest absolute Gasteiger partial charge is 0.187 e. The fourth-order valence-corrected chi connectivity index (χ4v) is 4.76. The van der Waals surface area contributed by atoms with E-state index in [0.29, 0.717) is 0 Å². The number of hydrogen-bond donors (Lipinski definition) is 11. The van der Waals surface area contributed by atoms with Crippen molar-refractivity contribution in [1.82, 2.24) is 0 Å². The number of hydrogen-bond acceptors (Lipinski definition) is 14. The highest BCUT2D eigenvalue weighted by atomic mass is 16.7. The van der Waals surface area contributed by atoms with Gasteiger partial charge in [0, 0.05) is 12.5 Å². The first-order valence-corrected chi connectivity index (χ1v) is 12.4. The molecule has 11 N–H and O–H groups in total. The number of ether oxygens (including phenoxy) is 3. The Morgan fingerprint density at radius 1 is 0.811 bits per heavy atom. The van der Waals surface area contributed by atoms with Crippen LogP contribution < -0.4 is 0 Å². The third-order valence-corrected chi connectivity index (χ3v) is 6.90. The van der Waals surface area contributed by atoms with Gasteiger partial charge in [-0.15, -0.1) is 0 Å². The van der Waals surface area contributed by atoms with E-state index in [0.717, 1.165) is 0 Å². The summed E-state index contributed by atoms with van der Waals surface area (Å²) in [5.41, 5.74) is -0.416. The molecular formula is C23H44O14. The second-order valence-corrected chi connectivity index (χ2v) is 11.2. The molecule has 14 atom stereocenters. The van der Waals surface area contributed by atoms with E-state index in [9.17, 15) is 56.2 Å². The predicted molar refractivity (Wildman–Crippen MR) is 124 cm³/mol. The van der Waals surface area contributed by atoms with Gasteiger partial charge < -0.3 is 70.4 Å². The zero-order valence-corrected chi connectivity index (χ0v) is 21.3. The molecule has 1 saturated carbocycles. The summed E-state index contributed by atoms with van der Waals surface area (Å²) >= 11 is 0. The first kappa shape index (κ1) is 32.7. The minimum atomic E-state index is -1.88. The van der Waals surface area contributed by atoms with Crippen LogP contribution in [0, 0.1) is 11.3 Å². The summed E-state index contributed by atoms with van der Waals surface area (Å²) in [6.07, 6.45) is -20.7. The number of aliphatic hydroxyl groups excluding tert-OH is 11. The molecule has 2 rings (SSSR count). The Morgan fingerprint density at radius 2 is 1.43 bits per heavy atom. The summed E-state index contributed by atoms with van der Waals surface area (Å²) in [4.78, 5) is 0. The van der Waals surface area contributed by atoms with Gasteiger partial charge in [-0.2, -0.15) is 0 Å². The van der Waals surface area contributed by atoms with Crippen LogP contribution in [0.15, 0.2) is 0 Å². The molecule has 37 heavy (non-hydrogen) atoms. The monoisotopic (exact) mass is 544 g/mol.